The summed E-state index contributed by atoms with van der Waals surface area (Å²) < 4.78 is 10.5. The summed E-state index contributed by atoms with van der Waals surface area (Å²) in [5.41, 5.74) is 1.81. The number of aliphatic imine (C=N–C) groups is 1. The van der Waals surface area contributed by atoms with Crippen molar-refractivity contribution < 1.29 is 14.3 Å². The van der Waals surface area contributed by atoms with E-state index in [0.29, 0.717) is 13.2 Å². The van der Waals surface area contributed by atoms with Crippen molar-refractivity contribution in [1.29, 1.82) is 0 Å². The quantitative estimate of drug-likeness (QED) is 0.161. The van der Waals surface area contributed by atoms with E-state index in [-0.39, 0.29) is 36.0 Å². The van der Waals surface area contributed by atoms with Crippen molar-refractivity contribution in [1.82, 2.24) is 15.5 Å². The molecule has 0 spiro atoms. The zero-order valence-electron chi connectivity index (χ0n) is 19.0. The number of rotatable bonds is 12. The summed E-state index contributed by atoms with van der Waals surface area (Å²) in [4.78, 5) is 19.2. The van der Waals surface area contributed by atoms with Gasteiger partial charge in [-0.2, -0.15) is 0 Å². The highest BCUT2D eigenvalue weighted by molar-refractivity contribution is 14.0. The van der Waals surface area contributed by atoms with Gasteiger partial charge in [0, 0.05) is 52.2 Å². The third-order valence-corrected chi connectivity index (χ3v) is 4.85. The van der Waals surface area contributed by atoms with Crippen LogP contribution in [-0.4, -0.2) is 76.4 Å². The molecule has 0 aliphatic carbocycles. The number of hydrogen-bond donors (Lipinski definition) is 3. The third kappa shape index (κ3) is 11.1. The monoisotopic (exact) mass is 547 g/mol. The first-order chi connectivity index (χ1) is 14.6. The molecule has 0 saturated carbocycles. The molecule has 1 saturated heterocycles. The number of guanidine groups is 1. The zero-order valence-corrected chi connectivity index (χ0v) is 21.3. The number of carbonyl (C=O) groups is 1. The Morgan fingerprint density at radius 3 is 2.87 bits per heavy atom. The standard InChI is InChI=1S/C22H37N5O3.HI/c1-4-23-22(24-11-13-27(2)12-7-14-29-3)25-17-18-8-5-9-19(16-18)26-21(28)20-10-6-15-30-20;/h5,8-9,16,20H,4,6-7,10-15,17H2,1-3H3,(H,26,28)(H2,23,24,25);1H. The lowest BCUT2D eigenvalue weighted by molar-refractivity contribution is -0.124. The summed E-state index contributed by atoms with van der Waals surface area (Å²) in [5.74, 6) is 0.717. The summed E-state index contributed by atoms with van der Waals surface area (Å²) >= 11 is 0. The van der Waals surface area contributed by atoms with E-state index >= 15 is 0 Å². The maximum absolute atomic E-state index is 12.2. The second-order valence-electron chi connectivity index (χ2n) is 7.46. The van der Waals surface area contributed by atoms with E-state index in [1.807, 2.05) is 24.3 Å². The van der Waals surface area contributed by atoms with Crippen molar-refractivity contribution in [2.24, 2.45) is 4.99 Å². The highest BCUT2D eigenvalue weighted by Crippen LogP contribution is 2.16. The smallest absolute Gasteiger partial charge is 0.253 e. The Kier molecular flexibility index (Phi) is 14.5. The fraction of sp³-hybridized carbons (Fsp3) is 0.636. The number of hydrogen-bond acceptors (Lipinski definition) is 5. The average molecular weight is 547 g/mol. The normalized spacial score (nSPS) is 16.1. The molecule has 1 aromatic carbocycles. The molecule has 1 unspecified atom stereocenters. The Morgan fingerprint density at radius 1 is 1.32 bits per heavy atom. The number of halogens is 1. The maximum atomic E-state index is 12.2. The van der Waals surface area contributed by atoms with Crippen LogP contribution in [0.4, 0.5) is 5.69 Å². The number of nitrogens with one attached hydrogen (secondary N) is 3. The van der Waals surface area contributed by atoms with E-state index in [2.05, 4.69) is 39.8 Å². The molecule has 1 fully saturated rings. The fourth-order valence-corrected chi connectivity index (χ4v) is 3.22. The van der Waals surface area contributed by atoms with E-state index in [0.717, 1.165) is 69.3 Å². The van der Waals surface area contributed by atoms with Crippen molar-refractivity contribution in [3.05, 3.63) is 29.8 Å². The van der Waals surface area contributed by atoms with Crippen molar-refractivity contribution >= 4 is 41.5 Å². The minimum Gasteiger partial charge on any atom is -0.385 e. The molecule has 1 heterocycles. The molecular formula is C22H38IN5O3. The van der Waals surface area contributed by atoms with E-state index in [4.69, 9.17) is 9.47 Å². The lowest BCUT2D eigenvalue weighted by atomic mass is 10.2. The number of benzene rings is 1. The highest BCUT2D eigenvalue weighted by Gasteiger charge is 2.23. The molecule has 176 valence electrons. The van der Waals surface area contributed by atoms with Gasteiger partial charge in [-0.1, -0.05) is 12.1 Å². The van der Waals surface area contributed by atoms with E-state index < -0.39 is 0 Å². The molecule has 0 aromatic heterocycles. The van der Waals surface area contributed by atoms with Crippen molar-refractivity contribution in [2.45, 2.75) is 38.8 Å². The van der Waals surface area contributed by atoms with Crippen LogP contribution in [0, 0.1) is 0 Å². The SMILES string of the molecule is CCNC(=NCc1cccc(NC(=O)C2CCCO2)c1)NCCN(C)CCCOC.I. The van der Waals surface area contributed by atoms with Gasteiger partial charge in [0.2, 0.25) is 0 Å². The van der Waals surface area contributed by atoms with E-state index in [9.17, 15) is 4.79 Å². The molecule has 31 heavy (non-hydrogen) atoms. The van der Waals surface area contributed by atoms with Gasteiger partial charge in [0.15, 0.2) is 5.96 Å². The molecule has 0 radical (unpaired) electrons. The fourth-order valence-electron chi connectivity index (χ4n) is 3.22. The number of anilines is 1. The second kappa shape index (κ2) is 16.2. The highest BCUT2D eigenvalue weighted by atomic mass is 127. The minimum absolute atomic E-state index is 0. The topological polar surface area (TPSA) is 87.2 Å². The average Bonchev–Trinajstić information content (AvgIpc) is 3.28. The molecule has 2 rings (SSSR count). The van der Waals surface area contributed by atoms with Crippen LogP contribution >= 0.6 is 24.0 Å². The molecular weight excluding hydrogens is 509 g/mol. The summed E-state index contributed by atoms with van der Waals surface area (Å²) in [6.07, 6.45) is 2.43. The first-order valence-corrected chi connectivity index (χ1v) is 10.8. The van der Waals surface area contributed by atoms with Gasteiger partial charge in [0.1, 0.15) is 6.10 Å². The van der Waals surface area contributed by atoms with Crippen LogP contribution in [0.5, 0.6) is 0 Å². The molecule has 1 aromatic rings. The molecule has 1 atom stereocenters. The molecule has 3 N–H and O–H groups in total. The van der Waals surface area contributed by atoms with Crippen LogP contribution in [0.25, 0.3) is 0 Å². The molecule has 1 aliphatic heterocycles. The summed E-state index contributed by atoms with van der Waals surface area (Å²) in [6.45, 7) is 7.58. The number of likely N-dealkylation sites (N-methyl/N-ethyl adjacent to an activating group) is 1. The Hall–Kier alpha value is -1.43. The van der Waals surface area contributed by atoms with Crippen molar-refractivity contribution in [2.75, 3.05) is 58.9 Å². The number of methoxy groups -OCH3 is 1. The molecule has 9 heteroatoms. The predicted molar refractivity (Wildman–Crippen MR) is 136 cm³/mol. The Morgan fingerprint density at radius 2 is 2.16 bits per heavy atom. The van der Waals surface area contributed by atoms with E-state index in [1.165, 1.54) is 0 Å². The van der Waals surface area contributed by atoms with Gasteiger partial charge >= 0.3 is 0 Å². The minimum atomic E-state index is -0.330. The Balaban J connectivity index is 0.00000480. The largest absolute Gasteiger partial charge is 0.385 e. The number of nitrogens with zero attached hydrogens (tertiary/aromatic N) is 2. The Bertz CT molecular complexity index is 668. The van der Waals surface area contributed by atoms with Crippen LogP contribution in [-0.2, 0) is 20.8 Å². The molecule has 1 amide bonds. The van der Waals surface area contributed by atoms with Gasteiger partial charge in [0.05, 0.1) is 6.54 Å². The lowest BCUT2D eigenvalue weighted by Crippen LogP contribution is -2.41. The number of amides is 1. The van der Waals surface area contributed by atoms with Crippen LogP contribution in [0.15, 0.2) is 29.3 Å². The second-order valence-corrected chi connectivity index (χ2v) is 7.46. The van der Waals surface area contributed by atoms with Gasteiger partial charge < -0.3 is 30.3 Å². The van der Waals surface area contributed by atoms with Crippen LogP contribution < -0.4 is 16.0 Å². The zero-order chi connectivity index (χ0) is 21.6. The predicted octanol–water partition coefficient (Wildman–Crippen LogP) is 2.45. The van der Waals surface area contributed by atoms with Gasteiger partial charge in [-0.3, -0.25) is 4.79 Å². The van der Waals surface area contributed by atoms with Crippen LogP contribution in [0.3, 0.4) is 0 Å². The summed E-state index contributed by atoms with van der Waals surface area (Å²) in [5, 5.41) is 9.60. The maximum Gasteiger partial charge on any atom is 0.253 e. The third-order valence-electron chi connectivity index (χ3n) is 4.85. The summed E-state index contributed by atoms with van der Waals surface area (Å²) in [7, 11) is 3.84. The van der Waals surface area contributed by atoms with Crippen LogP contribution in [0.2, 0.25) is 0 Å². The van der Waals surface area contributed by atoms with Crippen LogP contribution in [0.1, 0.15) is 31.7 Å². The lowest BCUT2D eigenvalue weighted by Gasteiger charge is -2.18. The molecule has 8 nitrogen and oxygen atoms in total. The van der Waals surface area contributed by atoms with Gasteiger partial charge in [-0.25, -0.2) is 4.99 Å². The van der Waals surface area contributed by atoms with Crippen molar-refractivity contribution in [3.63, 3.8) is 0 Å². The molecule has 0 bridgehead atoms. The van der Waals surface area contributed by atoms with Crippen molar-refractivity contribution in [3.8, 4) is 0 Å². The summed E-state index contributed by atoms with van der Waals surface area (Å²) in [6, 6.07) is 7.80. The van der Waals surface area contributed by atoms with Gasteiger partial charge in [-0.15, -0.1) is 24.0 Å². The van der Waals surface area contributed by atoms with Gasteiger partial charge in [-0.05, 0) is 50.9 Å². The number of ether oxygens (including phenoxy) is 2. The Labute approximate surface area is 203 Å². The number of carbonyl (C=O) groups excluding carboxylic acids is 1. The van der Waals surface area contributed by atoms with E-state index in [1.54, 1.807) is 7.11 Å². The molecule has 1 aliphatic rings. The first-order valence-electron chi connectivity index (χ1n) is 10.8. The van der Waals surface area contributed by atoms with Gasteiger partial charge in [0.25, 0.3) is 5.91 Å². The first kappa shape index (κ1) is 27.6.